The van der Waals surface area contributed by atoms with Gasteiger partial charge in [0.25, 0.3) is 0 Å². The van der Waals surface area contributed by atoms with E-state index in [-0.39, 0.29) is 0 Å². The van der Waals surface area contributed by atoms with Crippen molar-refractivity contribution in [2.24, 2.45) is 0 Å². The van der Waals surface area contributed by atoms with Crippen molar-refractivity contribution in [3.63, 3.8) is 0 Å². The molecule has 14 heavy (non-hydrogen) atoms. The standard InChI is InChI=1S/C11H26N2O/c1-5-12-11(3)7-8-13(6-2)9-10-14-4/h11-12H,5-10H2,1-4H3. The Morgan fingerprint density at radius 2 is 2.00 bits per heavy atom. The maximum absolute atomic E-state index is 5.07. The molecule has 0 radical (unpaired) electrons. The number of methoxy groups -OCH3 is 1. The third-order valence-electron chi connectivity index (χ3n) is 2.49. The van der Waals surface area contributed by atoms with Crippen LogP contribution in [-0.4, -0.2) is 50.8 Å². The van der Waals surface area contributed by atoms with E-state index < -0.39 is 0 Å². The summed E-state index contributed by atoms with van der Waals surface area (Å²) in [5.41, 5.74) is 0. The van der Waals surface area contributed by atoms with E-state index in [0.29, 0.717) is 6.04 Å². The lowest BCUT2D eigenvalue weighted by Crippen LogP contribution is -2.34. The lowest BCUT2D eigenvalue weighted by atomic mass is 10.2. The highest BCUT2D eigenvalue weighted by Crippen LogP contribution is 1.95. The van der Waals surface area contributed by atoms with Gasteiger partial charge in [0.15, 0.2) is 0 Å². The fourth-order valence-electron chi connectivity index (χ4n) is 1.48. The van der Waals surface area contributed by atoms with Gasteiger partial charge in [0, 0.05) is 19.7 Å². The fourth-order valence-corrected chi connectivity index (χ4v) is 1.48. The summed E-state index contributed by atoms with van der Waals surface area (Å²) in [6, 6.07) is 0.622. The second kappa shape index (κ2) is 9.44. The van der Waals surface area contributed by atoms with E-state index >= 15 is 0 Å². The predicted octanol–water partition coefficient (Wildman–Crippen LogP) is 1.34. The first kappa shape index (κ1) is 13.9. The van der Waals surface area contributed by atoms with Crippen molar-refractivity contribution < 1.29 is 4.74 Å². The molecule has 0 spiro atoms. The van der Waals surface area contributed by atoms with E-state index in [0.717, 1.165) is 32.8 Å². The summed E-state index contributed by atoms with van der Waals surface area (Å²) >= 11 is 0. The van der Waals surface area contributed by atoms with Gasteiger partial charge in [0.2, 0.25) is 0 Å². The number of nitrogens with zero attached hydrogens (tertiary/aromatic N) is 1. The minimum Gasteiger partial charge on any atom is -0.383 e. The van der Waals surface area contributed by atoms with Crippen LogP contribution >= 0.6 is 0 Å². The van der Waals surface area contributed by atoms with Crippen molar-refractivity contribution in [1.82, 2.24) is 10.2 Å². The van der Waals surface area contributed by atoms with Gasteiger partial charge in [0.05, 0.1) is 6.61 Å². The van der Waals surface area contributed by atoms with Crippen LogP contribution in [0.25, 0.3) is 0 Å². The molecule has 0 rings (SSSR count). The average molecular weight is 202 g/mol. The van der Waals surface area contributed by atoms with E-state index in [1.54, 1.807) is 7.11 Å². The smallest absolute Gasteiger partial charge is 0.0589 e. The molecule has 0 fully saturated rings. The normalized spacial score (nSPS) is 13.5. The molecule has 0 saturated carbocycles. The van der Waals surface area contributed by atoms with Crippen LogP contribution < -0.4 is 5.32 Å². The number of hydrogen-bond donors (Lipinski definition) is 1. The predicted molar refractivity (Wildman–Crippen MR) is 61.7 cm³/mol. The molecule has 0 heterocycles. The Morgan fingerprint density at radius 1 is 1.29 bits per heavy atom. The van der Waals surface area contributed by atoms with Crippen LogP contribution in [0.15, 0.2) is 0 Å². The Labute approximate surface area is 88.8 Å². The summed E-state index contributed by atoms with van der Waals surface area (Å²) in [7, 11) is 1.76. The van der Waals surface area contributed by atoms with E-state index in [4.69, 9.17) is 4.74 Å². The van der Waals surface area contributed by atoms with Gasteiger partial charge < -0.3 is 15.0 Å². The fraction of sp³-hybridized carbons (Fsp3) is 1.00. The van der Waals surface area contributed by atoms with Crippen molar-refractivity contribution in [3.05, 3.63) is 0 Å². The van der Waals surface area contributed by atoms with Crippen LogP contribution in [0.5, 0.6) is 0 Å². The zero-order valence-corrected chi connectivity index (χ0v) is 10.2. The Balaban J connectivity index is 3.50. The van der Waals surface area contributed by atoms with E-state index in [9.17, 15) is 0 Å². The number of nitrogens with one attached hydrogen (secondary N) is 1. The van der Waals surface area contributed by atoms with Crippen LogP contribution in [0.3, 0.4) is 0 Å². The Hall–Kier alpha value is -0.120. The Morgan fingerprint density at radius 3 is 2.50 bits per heavy atom. The summed E-state index contributed by atoms with van der Waals surface area (Å²) < 4.78 is 5.07. The average Bonchev–Trinajstić information content (AvgIpc) is 2.19. The van der Waals surface area contributed by atoms with Crippen LogP contribution in [0, 0.1) is 0 Å². The van der Waals surface area contributed by atoms with E-state index in [2.05, 4.69) is 31.0 Å². The van der Waals surface area contributed by atoms with Crippen LogP contribution in [0.2, 0.25) is 0 Å². The quantitative estimate of drug-likeness (QED) is 0.611. The second-order valence-corrected chi connectivity index (χ2v) is 3.67. The maximum atomic E-state index is 5.07. The van der Waals surface area contributed by atoms with Crippen LogP contribution in [0.1, 0.15) is 27.2 Å². The molecule has 86 valence electrons. The molecule has 3 heteroatoms. The molecule has 0 aromatic rings. The summed E-state index contributed by atoms with van der Waals surface area (Å²) in [5.74, 6) is 0. The van der Waals surface area contributed by atoms with Gasteiger partial charge in [-0.05, 0) is 33.0 Å². The first-order valence-electron chi connectivity index (χ1n) is 5.69. The molecule has 0 bridgehead atoms. The van der Waals surface area contributed by atoms with Gasteiger partial charge in [-0.1, -0.05) is 13.8 Å². The molecule has 1 N–H and O–H groups in total. The van der Waals surface area contributed by atoms with Gasteiger partial charge in [0.1, 0.15) is 0 Å². The minimum absolute atomic E-state index is 0.622. The van der Waals surface area contributed by atoms with Crippen molar-refractivity contribution in [3.8, 4) is 0 Å². The zero-order valence-electron chi connectivity index (χ0n) is 10.2. The molecule has 0 aliphatic heterocycles. The highest BCUT2D eigenvalue weighted by molar-refractivity contribution is 4.63. The Kier molecular flexibility index (Phi) is 9.35. The summed E-state index contributed by atoms with van der Waals surface area (Å²) in [6.45, 7) is 11.8. The largest absolute Gasteiger partial charge is 0.383 e. The first-order chi connectivity index (χ1) is 6.74. The molecule has 0 aromatic carbocycles. The van der Waals surface area contributed by atoms with Crippen molar-refractivity contribution >= 4 is 0 Å². The lowest BCUT2D eigenvalue weighted by molar-refractivity contribution is 0.148. The van der Waals surface area contributed by atoms with Gasteiger partial charge in [-0.25, -0.2) is 0 Å². The maximum Gasteiger partial charge on any atom is 0.0589 e. The third kappa shape index (κ3) is 7.30. The highest BCUT2D eigenvalue weighted by Gasteiger charge is 2.04. The van der Waals surface area contributed by atoms with Gasteiger partial charge in [-0.2, -0.15) is 0 Å². The molecular formula is C11H26N2O. The number of hydrogen-bond acceptors (Lipinski definition) is 3. The lowest BCUT2D eigenvalue weighted by Gasteiger charge is -2.22. The van der Waals surface area contributed by atoms with Gasteiger partial charge in [-0.3, -0.25) is 0 Å². The summed E-state index contributed by atoms with van der Waals surface area (Å²) in [5, 5.41) is 3.42. The monoisotopic (exact) mass is 202 g/mol. The first-order valence-corrected chi connectivity index (χ1v) is 5.69. The Bertz CT molecular complexity index is 120. The molecule has 1 unspecified atom stereocenters. The topological polar surface area (TPSA) is 24.5 Å². The van der Waals surface area contributed by atoms with E-state index in [1.807, 2.05) is 0 Å². The minimum atomic E-state index is 0.622. The molecular weight excluding hydrogens is 176 g/mol. The van der Waals surface area contributed by atoms with Gasteiger partial charge in [-0.15, -0.1) is 0 Å². The summed E-state index contributed by atoms with van der Waals surface area (Å²) in [6.07, 6.45) is 1.21. The SMILES string of the molecule is CCNC(C)CCN(CC)CCOC. The van der Waals surface area contributed by atoms with Crippen molar-refractivity contribution in [2.45, 2.75) is 33.2 Å². The van der Waals surface area contributed by atoms with Crippen molar-refractivity contribution in [2.75, 3.05) is 39.9 Å². The molecule has 0 aliphatic carbocycles. The third-order valence-corrected chi connectivity index (χ3v) is 2.49. The zero-order chi connectivity index (χ0) is 10.8. The highest BCUT2D eigenvalue weighted by atomic mass is 16.5. The molecule has 0 amide bonds. The number of likely N-dealkylation sites (N-methyl/N-ethyl adjacent to an activating group) is 1. The molecule has 0 aliphatic rings. The van der Waals surface area contributed by atoms with Gasteiger partial charge >= 0.3 is 0 Å². The molecule has 0 aromatic heterocycles. The number of rotatable bonds is 9. The second-order valence-electron chi connectivity index (χ2n) is 3.67. The number of ether oxygens (including phenoxy) is 1. The van der Waals surface area contributed by atoms with Crippen LogP contribution in [-0.2, 0) is 4.74 Å². The summed E-state index contributed by atoms with van der Waals surface area (Å²) in [4.78, 5) is 2.43. The molecule has 3 nitrogen and oxygen atoms in total. The van der Waals surface area contributed by atoms with E-state index in [1.165, 1.54) is 6.42 Å². The molecule has 0 saturated heterocycles. The molecule has 1 atom stereocenters. The van der Waals surface area contributed by atoms with Crippen LogP contribution in [0.4, 0.5) is 0 Å². The van der Waals surface area contributed by atoms with Crippen molar-refractivity contribution in [1.29, 1.82) is 0 Å².